The number of nitrogens with zero attached hydrogens (tertiary/aromatic N) is 1. The molecule has 1 heterocycles. The minimum atomic E-state index is -0.274. The zero-order valence-corrected chi connectivity index (χ0v) is 7.38. The van der Waals surface area contributed by atoms with Crippen LogP contribution in [0.4, 0.5) is 4.39 Å². The van der Waals surface area contributed by atoms with Crippen molar-refractivity contribution in [3.63, 3.8) is 0 Å². The summed E-state index contributed by atoms with van der Waals surface area (Å²) in [4.78, 5) is 3.84. The first-order chi connectivity index (χ1) is 6.24. The maximum absolute atomic E-state index is 13.2. The molecule has 0 spiro atoms. The van der Waals surface area contributed by atoms with E-state index in [1.807, 2.05) is 0 Å². The van der Waals surface area contributed by atoms with E-state index in [9.17, 15) is 4.39 Å². The molecule has 70 valence electrons. The molecule has 4 heteroatoms. The second kappa shape index (κ2) is 2.96. The zero-order valence-electron chi connectivity index (χ0n) is 7.38. The summed E-state index contributed by atoms with van der Waals surface area (Å²) in [6.45, 7) is 0. The van der Waals surface area contributed by atoms with Gasteiger partial charge in [-0.05, 0) is 18.4 Å². The normalized spacial score (nSPS) is 20.1. The molecule has 0 radical (unpaired) electrons. The van der Waals surface area contributed by atoms with Gasteiger partial charge in [0.1, 0.15) is 5.82 Å². The molecule has 0 saturated carbocycles. The van der Waals surface area contributed by atoms with E-state index in [1.54, 1.807) is 0 Å². The van der Waals surface area contributed by atoms with Crippen LogP contribution in [0.3, 0.4) is 0 Å². The number of aromatic nitrogens is 1. The van der Waals surface area contributed by atoms with E-state index >= 15 is 0 Å². The Bertz CT molecular complexity index is 341. The fourth-order valence-corrected chi connectivity index (χ4v) is 1.76. The first kappa shape index (κ1) is 8.44. The van der Waals surface area contributed by atoms with E-state index in [2.05, 4.69) is 4.98 Å². The predicted molar refractivity (Wildman–Crippen MR) is 46.0 cm³/mol. The van der Waals surface area contributed by atoms with Gasteiger partial charge in [-0.15, -0.1) is 0 Å². The summed E-state index contributed by atoms with van der Waals surface area (Å²) in [5, 5.41) is 0. The van der Waals surface area contributed by atoms with Crippen LogP contribution >= 0.6 is 0 Å². The number of hydrogen-bond donors (Lipinski definition) is 1. The predicted octanol–water partition coefficient (Wildman–Crippen LogP) is 1.18. The molecule has 0 saturated heterocycles. The maximum atomic E-state index is 13.2. The third kappa shape index (κ3) is 1.18. The minimum absolute atomic E-state index is 0.131. The van der Waals surface area contributed by atoms with Gasteiger partial charge in [0.05, 0.1) is 13.3 Å². The SMILES string of the molecule is COc1ncc(F)c2c1C(N)CC2. The van der Waals surface area contributed by atoms with Gasteiger partial charge in [0.25, 0.3) is 0 Å². The third-order valence-electron chi connectivity index (χ3n) is 2.41. The van der Waals surface area contributed by atoms with E-state index in [0.29, 0.717) is 17.9 Å². The van der Waals surface area contributed by atoms with Crippen LogP contribution in [0.1, 0.15) is 23.6 Å². The van der Waals surface area contributed by atoms with Crippen LogP contribution in [0.15, 0.2) is 6.20 Å². The monoisotopic (exact) mass is 182 g/mol. The van der Waals surface area contributed by atoms with E-state index < -0.39 is 0 Å². The summed E-state index contributed by atoms with van der Waals surface area (Å²) in [5.41, 5.74) is 7.21. The molecule has 1 aromatic heterocycles. The van der Waals surface area contributed by atoms with Crippen LogP contribution in [-0.4, -0.2) is 12.1 Å². The minimum Gasteiger partial charge on any atom is -0.481 e. The molecular weight excluding hydrogens is 171 g/mol. The van der Waals surface area contributed by atoms with Gasteiger partial charge >= 0.3 is 0 Å². The van der Waals surface area contributed by atoms with Gasteiger partial charge in [0.15, 0.2) is 0 Å². The molecule has 1 aromatic rings. The Morgan fingerprint density at radius 3 is 3.15 bits per heavy atom. The highest BCUT2D eigenvalue weighted by Crippen LogP contribution is 2.36. The van der Waals surface area contributed by atoms with Crippen LogP contribution < -0.4 is 10.5 Å². The van der Waals surface area contributed by atoms with Crippen molar-refractivity contribution in [1.29, 1.82) is 0 Å². The van der Waals surface area contributed by atoms with Crippen molar-refractivity contribution in [1.82, 2.24) is 4.98 Å². The summed E-state index contributed by atoms with van der Waals surface area (Å²) in [5.74, 6) is 0.185. The van der Waals surface area contributed by atoms with E-state index in [4.69, 9.17) is 10.5 Å². The Labute approximate surface area is 75.7 Å². The van der Waals surface area contributed by atoms with Crippen LogP contribution in [0.2, 0.25) is 0 Å². The molecule has 0 bridgehead atoms. The highest BCUT2D eigenvalue weighted by Gasteiger charge is 2.26. The Morgan fingerprint density at radius 2 is 2.46 bits per heavy atom. The van der Waals surface area contributed by atoms with Crippen molar-refractivity contribution in [3.05, 3.63) is 23.1 Å². The van der Waals surface area contributed by atoms with Crippen molar-refractivity contribution in [2.24, 2.45) is 5.73 Å². The summed E-state index contributed by atoms with van der Waals surface area (Å²) in [6, 6.07) is -0.131. The molecule has 0 aromatic carbocycles. The maximum Gasteiger partial charge on any atom is 0.218 e. The Balaban J connectivity index is 2.60. The molecular formula is C9H11FN2O. The number of ether oxygens (including phenoxy) is 1. The number of nitrogens with two attached hydrogens (primary N) is 1. The van der Waals surface area contributed by atoms with E-state index in [1.165, 1.54) is 13.3 Å². The summed E-state index contributed by atoms with van der Waals surface area (Å²) >= 11 is 0. The first-order valence-corrected chi connectivity index (χ1v) is 4.21. The third-order valence-corrected chi connectivity index (χ3v) is 2.41. The highest BCUT2D eigenvalue weighted by molar-refractivity contribution is 5.41. The van der Waals surface area contributed by atoms with Crippen LogP contribution in [0.5, 0.6) is 5.88 Å². The molecule has 0 fully saturated rings. The molecule has 0 aliphatic heterocycles. The van der Waals surface area contributed by atoms with Crippen LogP contribution in [0, 0.1) is 5.82 Å². The number of fused-ring (bicyclic) bond motifs is 1. The quantitative estimate of drug-likeness (QED) is 0.709. The molecule has 1 unspecified atom stereocenters. The topological polar surface area (TPSA) is 48.1 Å². The summed E-state index contributed by atoms with van der Waals surface area (Å²) < 4.78 is 18.2. The second-order valence-corrected chi connectivity index (χ2v) is 3.15. The summed E-state index contributed by atoms with van der Waals surface area (Å²) in [7, 11) is 1.52. The largest absolute Gasteiger partial charge is 0.481 e. The van der Waals surface area contributed by atoms with Crippen LogP contribution in [0.25, 0.3) is 0 Å². The Morgan fingerprint density at radius 1 is 1.69 bits per heavy atom. The lowest BCUT2D eigenvalue weighted by Crippen LogP contribution is -2.08. The lowest BCUT2D eigenvalue weighted by atomic mass is 10.1. The molecule has 0 amide bonds. The van der Waals surface area contributed by atoms with Crippen molar-refractivity contribution in [3.8, 4) is 5.88 Å². The fourth-order valence-electron chi connectivity index (χ4n) is 1.76. The Kier molecular flexibility index (Phi) is 1.92. The van der Waals surface area contributed by atoms with Gasteiger partial charge < -0.3 is 10.5 Å². The molecule has 3 nitrogen and oxygen atoms in total. The van der Waals surface area contributed by atoms with E-state index in [-0.39, 0.29) is 11.9 Å². The van der Waals surface area contributed by atoms with E-state index in [0.717, 1.165) is 12.0 Å². The number of pyridine rings is 1. The van der Waals surface area contributed by atoms with Crippen molar-refractivity contribution in [2.45, 2.75) is 18.9 Å². The van der Waals surface area contributed by atoms with Crippen molar-refractivity contribution in [2.75, 3.05) is 7.11 Å². The number of hydrogen-bond acceptors (Lipinski definition) is 3. The lowest BCUT2D eigenvalue weighted by molar-refractivity contribution is 0.387. The first-order valence-electron chi connectivity index (χ1n) is 4.21. The molecule has 1 atom stereocenters. The zero-order chi connectivity index (χ0) is 9.42. The molecule has 13 heavy (non-hydrogen) atoms. The van der Waals surface area contributed by atoms with Crippen molar-refractivity contribution >= 4 is 0 Å². The van der Waals surface area contributed by atoms with Gasteiger partial charge in [-0.2, -0.15) is 0 Å². The van der Waals surface area contributed by atoms with Crippen molar-refractivity contribution < 1.29 is 9.13 Å². The highest BCUT2D eigenvalue weighted by atomic mass is 19.1. The van der Waals surface area contributed by atoms with Crippen LogP contribution in [-0.2, 0) is 6.42 Å². The smallest absolute Gasteiger partial charge is 0.218 e. The second-order valence-electron chi connectivity index (χ2n) is 3.15. The van der Waals surface area contributed by atoms with Gasteiger partial charge in [0, 0.05) is 11.6 Å². The number of methoxy groups -OCH3 is 1. The molecule has 1 aliphatic rings. The van der Waals surface area contributed by atoms with Gasteiger partial charge in [-0.3, -0.25) is 0 Å². The molecule has 2 N–H and O–H groups in total. The van der Waals surface area contributed by atoms with Gasteiger partial charge in [-0.1, -0.05) is 0 Å². The average molecular weight is 182 g/mol. The van der Waals surface area contributed by atoms with Gasteiger partial charge in [0.2, 0.25) is 5.88 Å². The Hall–Kier alpha value is -1.16. The number of halogens is 1. The fraction of sp³-hybridized carbons (Fsp3) is 0.444. The summed E-state index contributed by atoms with van der Waals surface area (Å²) in [6.07, 6.45) is 2.64. The number of rotatable bonds is 1. The lowest BCUT2D eigenvalue weighted by Gasteiger charge is -2.09. The standard InChI is InChI=1S/C9H11FN2O/c1-13-9-8-5(2-3-7(8)11)6(10)4-12-9/h4,7H,2-3,11H2,1H3. The van der Waals surface area contributed by atoms with Gasteiger partial charge in [-0.25, -0.2) is 9.37 Å². The molecule has 1 aliphatic carbocycles. The average Bonchev–Trinajstić information content (AvgIpc) is 2.51. The molecule has 2 rings (SSSR count).